The zero-order chi connectivity index (χ0) is 15.2. The predicted molar refractivity (Wildman–Crippen MR) is 83.0 cm³/mol. The molecule has 1 radical (unpaired) electrons. The van der Waals surface area contributed by atoms with E-state index in [1.165, 1.54) is 24.1 Å². The quantitative estimate of drug-likeness (QED) is 0.761. The van der Waals surface area contributed by atoms with Gasteiger partial charge in [-0.25, -0.2) is 0 Å². The fraction of sp³-hybridized carbons (Fsp3) is 0.667. The fourth-order valence-corrected chi connectivity index (χ4v) is 3.97. The van der Waals surface area contributed by atoms with E-state index in [1.807, 2.05) is 20.3 Å². The van der Waals surface area contributed by atoms with Gasteiger partial charge in [-0.05, 0) is 42.9 Å². The smallest absolute Gasteiger partial charge is 0.225 e. The first-order chi connectivity index (χ1) is 9.90. The van der Waals surface area contributed by atoms with E-state index < -0.39 is 0 Å². The third-order valence-corrected chi connectivity index (χ3v) is 5.29. The van der Waals surface area contributed by atoms with Gasteiger partial charge in [0.25, 0.3) is 0 Å². The molecule has 117 valence electrons. The molecule has 2 aliphatic rings. The first-order valence-corrected chi connectivity index (χ1v) is 7.99. The maximum Gasteiger partial charge on any atom is 0.225 e. The largest absolute Gasteiger partial charge is 0.387 e. The molecule has 1 spiro atoms. The monoisotopic (exact) mass is 374 g/mol. The summed E-state index contributed by atoms with van der Waals surface area (Å²) in [6.45, 7) is 4.34. The van der Waals surface area contributed by atoms with Crippen molar-refractivity contribution in [3.05, 3.63) is 29.6 Å². The number of hydrogen-bond acceptors (Lipinski definition) is 2. The molecule has 0 N–H and O–H groups in total. The molecule has 0 saturated heterocycles. The van der Waals surface area contributed by atoms with Gasteiger partial charge in [0, 0.05) is 52.7 Å². The van der Waals surface area contributed by atoms with Crippen LogP contribution in [0.1, 0.15) is 62.6 Å². The Bertz CT molecular complexity index is 525. The molecule has 1 heterocycles. The number of pyridine rings is 1. The van der Waals surface area contributed by atoms with E-state index in [9.17, 15) is 4.79 Å². The molecule has 2 aliphatic carbocycles. The van der Waals surface area contributed by atoms with Gasteiger partial charge in [0.1, 0.15) is 0 Å². The van der Waals surface area contributed by atoms with Crippen LogP contribution in [0.2, 0.25) is 0 Å². The average molecular weight is 374 g/mol. The fourth-order valence-electron chi connectivity index (χ4n) is 3.97. The van der Waals surface area contributed by atoms with Crippen molar-refractivity contribution in [2.45, 2.75) is 51.4 Å². The summed E-state index contributed by atoms with van der Waals surface area (Å²) in [6, 6.07) is 5.44. The summed E-state index contributed by atoms with van der Waals surface area (Å²) in [6.07, 6.45) is 6.53. The van der Waals surface area contributed by atoms with Crippen LogP contribution >= 0.6 is 0 Å². The number of amides is 1. The van der Waals surface area contributed by atoms with Crippen LogP contribution in [0.4, 0.5) is 0 Å². The van der Waals surface area contributed by atoms with Crippen LogP contribution in [0.3, 0.4) is 0 Å². The SMILES string of the molecule is CC(C)c1[c-]cc(C2CC3(CC(C(=O)N(C)C)C3)C2)nc1.[Y]. The summed E-state index contributed by atoms with van der Waals surface area (Å²) in [5.74, 6) is 1.64. The van der Waals surface area contributed by atoms with Gasteiger partial charge in [0.05, 0.1) is 0 Å². The third kappa shape index (κ3) is 3.31. The Morgan fingerprint density at radius 3 is 2.41 bits per heavy atom. The molecule has 2 saturated carbocycles. The molecular formula is C18H25N2OY-. The van der Waals surface area contributed by atoms with Crippen LogP contribution in [-0.4, -0.2) is 29.9 Å². The standard InChI is InChI=1S/C18H25N2O.Y/c1-12(2)13-5-6-16(19-11-13)14-7-18(8-14)9-15(10-18)17(21)20(3)4;/h6,11-12,14-15H,7-10H2,1-4H3;/q-1;. The normalized spacial score (nSPS) is 29.5. The second kappa shape index (κ2) is 6.69. The first-order valence-electron chi connectivity index (χ1n) is 7.99. The minimum absolute atomic E-state index is 0. The van der Waals surface area contributed by atoms with Crippen molar-refractivity contribution in [2.75, 3.05) is 14.1 Å². The van der Waals surface area contributed by atoms with E-state index in [0.29, 0.717) is 23.2 Å². The summed E-state index contributed by atoms with van der Waals surface area (Å²) in [4.78, 5) is 18.3. The van der Waals surface area contributed by atoms with Crippen molar-refractivity contribution in [2.24, 2.45) is 11.3 Å². The predicted octanol–water partition coefficient (Wildman–Crippen LogP) is 3.36. The Kier molecular flexibility index (Phi) is 5.49. The van der Waals surface area contributed by atoms with Crippen molar-refractivity contribution >= 4 is 5.91 Å². The topological polar surface area (TPSA) is 33.2 Å². The summed E-state index contributed by atoms with van der Waals surface area (Å²) in [5, 5.41) is 0. The molecule has 0 atom stereocenters. The van der Waals surface area contributed by atoms with Gasteiger partial charge in [-0.1, -0.05) is 25.7 Å². The summed E-state index contributed by atoms with van der Waals surface area (Å²) < 4.78 is 0. The molecule has 22 heavy (non-hydrogen) atoms. The second-order valence-corrected chi connectivity index (χ2v) is 7.52. The van der Waals surface area contributed by atoms with Crippen molar-refractivity contribution in [3.8, 4) is 0 Å². The zero-order valence-corrected chi connectivity index (χ0v) is 16.9. The maximum atomic E-state index is 11.9. The van der Waals surface area contributed by atoms with E-state index in [1.54, 1.807) is 4.90 Å². The second-order valence-electron chi connectivity index (χ2n) is 7.52. The molecule has 4 heteroatoms. The molecule has 1 amide bonds. The minimum Gasteiger partial charge on any atom is -0.387 e. The number of carbonyl (C=O) groups excluding carboxylic acids is 1. The Labute approximate surface area is 159 Å². The molecule has 0 bridgehead atoms. The van der Waals surface area contributed by atoms with Gasteiger partial charge in [-0.15, -0.1) is 5.56 Å². The summed E-state index contributed by atoms with van der Waals surface area (Å²) in [7, 11) is 3.71. The average Bonchev–Trinajstić information content (AvgIpc) is 2.35. The Morgan fingerprint density at radius 1 is 1.32 bits per heavy atom. The van der Waals surface area contributed by atoms with E-state index in [4.69, 9.17) is 0 Å². The number of aromatic nitrogens is 1. The van der Waals surface area contributed by atoms with E-state index in [-0.39, 0.29) is 38.6 Å². The molecule has 3 nitrogen and oxygen atoms in total. The van der Waals surface area contributed by atoms with Gasteiger partial charge >= 0.3 is 0 Å². The molecule has 1 aromatic rings. The van der Waals surface area contributed by atoms with Crippen molar-refractivity contribution in [3.63, 3.8) is 0 Å². The van der Waals surface area contributed by atoms with Crippen LogP contribution in [0, 0.1) is 17.4 Å². The van der Waals surface area contributed by atoms with Gasteiger partial charge < -0.3 is 9.88 Å². The van der Waals surface area contributed by atoms with Crippen LogP contribution in [0.5, 0.6) is 0 Å². The molecular weight excluding hydrogens is 349 g/mol. The van der Waals surface area contributed by atoms with E-state index in [2.05, 4.69) is 31.0 Å². The molecule has 3 rings (SSSR count). The minimum atomic E-state index is 0. The summed E-state index contributed by atoms with van der Waals surface area (Å²) >= 11 is 0. The summed E-state index contributed by atoms with van der Waals surface area (Å²) in [5.41, 5.74) is 2.82. The Hall–Kier alpha value is -0.276. The third-order valence-electron chi connectivity index (χ3n) is 5.29. The number of hydrogen-bond donors (Lipinski definition) is 0. The molecule has 0 aliphatic heterocycles. The van der Waals surface area contributed by atoms with Crippen LogP contribution in [-0.2, 0) is 37.5 Å². The van der Waals surface area contributed by atoms with Crippen LogP contribution in [0.15, 0.2) is 12.3 Å². The van der Waals surface area contributed by atoms with Gasteiger partial charge in [-0.3, -0.25) is 4.79 Å². The van der Waals surface area contributed by atoms with E-state index in [0.717, 1.165) is 12.8 Å². The van der Waals surface area contributed by atoms with Gasteiger partial charge in [0.2, 0.25) is 5.91 Å². The maximum absolute atomic E-state index is 11.9. The number of carbonyl (C=O) groups is 1. The van der Waals surface area contributed by atoms with Crippen molar-refractivity contribution < 1.29 is 37.5 Å². The van der Waals surface area contributed by atoms with E-state index >= 15 is 0 Å². The Morgan fingerprint density at radius 2 is 1.95 bits per heavy atom. The van der Waals surface area contributed by atoms with Crippen LogP contribution in [0.25, 0.3) is 0 Å². The van der Waals surface area contributed by atoms with Crippen LogP contribution < -0.4 is 0 Å². The molecule has 2 fully saturated rings. The van der Waals surface area contributed by atoms with Crippen molar-refractivity contribution in [1.82, 2.24) is 9.88 Å². The number of nitrogens with zero attached hydrogens (tertiary/aromatic N) is 2. The zero-order valence-electron chi connectivity index (χ0n) is 14.1. The van der Waals surface area contributed by atoms with Gasteiger partial charge in [-0.2, -0.15) is 12.1 Å². The Balaban J connectivity index is 0.00000176. The molecule has 0 aromatic carbocycles. The molecule has 0 unspecified atom stereocenters. The number of rotatable bonds is 3. The molecule has 1 aromatic heterocycles. The van der Waals surface area contributed by atoms with Crippen molar-refractivity contribution in [1.29, 1.82) is 0 Å². The first kappa shape index (κ1) is 18.1. The van der Waals surface area contributed by atoms with Gasteiger partial charge in [0.15, 0.2) is 0 Å².